The van der Waals surface area contributed by atoms with Crippen LogP contribution in [0.4, 0.5) is 10.1 Å². The zero-order valence-corrected chi connectivity index (χ0v) is 10.5. The molecular formula is C14H12FNO4. The van der Waals surface area contributed by atoms with Gasteiger partial charge in [0.05, 0.1) is 11.0 Å². The standard InChI is InChI=1S/C14H12FNO4/c15-11-4-6-13(7-5-11)19-8-9-20-14-3-1-2-12(10-14)16(17)18/h1-7,10H,8-9H2. The van der Waals surface area contributed by atoms with Crippen LogP contribution >= 0.6 is 0 Å². The van der Waals surface area contributed by atoms with Crippen LogP contribution in [0.2, 0.25) is 0 Å². The third kappa shape index (κ3) is 3.94. The van der Waals surface area contributed by atoms with Crippen molar-refractivity contribution in [3.63, 3.8) is 0 Å². The Hall–Kier alpha value is -2.63. The molecule has 0 amide bonds. The fourth-order valence-electron chi connectivity index (χ4n) is 1.54. The minimum atomic E-state index is -0.484. The second kappa shape index (κ2) is 6.51. The summed E-state index contributed by atoms with van der Waals surface area (Å²) in [6, 6.07) is 11.6. The molecule has 0 heterocycles. The molecule has 20 heavy (non-hydrogen) atoms. The summed E-state index contributed by atoms with van der Waals surface area (Å²) >= 11 is 0. The van der Waals surface area contributed by atoms with Crippen molar-refractivity contribution < 1.29 is 18.8 Å². The van der Waals surface area contributed by atoms with Crippen LogP contribution in [0.3, 0.4) is 0 Å². The molecule has 5 nitrogen and oxygen atoms in total. The summed E-state index contributed by atoms with van der Waals surface area (Å²) < 4.78 is 23.3. The largest absolute Gasteiger partial charge is 0.490 e. The number of nitrogens with zero attached hydrogens (tertiary/aromatic N) is 1. The van der Waals surface area contributed by atoms with E-state index in [2.05, 4.69) is 0 Å². The lowest BCUT2D eigenvalue weighted by molar-refractivity contribution is -0.384. The Morgan fingerprint density at radius 1 is 1.00 bits per heavy atom. The van der Waals surface area contributed by atoms with E-state index in [-0.39, 0.29) is 24.7 Å². The molecule has 2 aromatic rings. The molecule has 6 heteroatoms. The number of hydrogen-bond donors (Lipinski definition) is 0. The van der Waals surface area contributed by atoms with Crippen molar-refractivity contribution in [2.45, 2.75) is 0 Å². The molecule has 104 valence electrons. The van der Waals surface area contributed by atoms with E-state index in [1.54, 1.807) is 12.1 Å². The quantitative estimate of drug-likeness (QED) is 0.462. The first kappa shape index (κ1) is 13.8. The van der Waals surface area contributed by atoms with Gasteiger partial charge in [0.15, 0.2) is 0 Å². The lowest BCUT2D eigenvalue weighted by Gasteiger charge is -2.08. The third-order valence-electron chi connectivity index (χ3n) is 2.46. The zero-order chi connectivity index (χ0) is 14.4. The van der Waals surface area contributed by atoms with Gasteiger partial charge in [0.2, 0.25) is 0 Å². The molecular weight excluding hydrogens is 265 g/mol. The van der Waals surface area contributed by atoms with E-state index >= 15 is 0 Å². The van der Waals surface area contributed by atoms with E-state index in [0.717, 1.165) is 0 Å². The van der Waals surface area contributed by atoms with Crippen LogP contribution in [0.15, 0.2) is 48.5 Å². The van der Waals surface area contributed by atoms with Crippen LogP contribution in [-0.4, -0.2) is 18.1 Å². The van der Waals surface area contributed by atoms with E-state index in [4.69, 9.17) is 9.47 Å². The van der Waals surface area contributed by atoms with Gasteiger partial charge in [-0.1, -0.05) is 6.07 Å². The number of halogens is 1. The van der Waals surface area contributed by atoms with Crippen molar-refractivity contribution in [2.75, 3.05) is 13.2 Å². The summed E-state index contributed by atoms with van der Waals surface area (Å²) in [5, 5.41) is 10.6. The first-order valence-corrected chi connectivity index (χ1v) is 5.91. The Kier molecular flexibility index (Phi) is 4.49. The summed E-state index contributed by atoms with van der Waals surface area (Å²) in [5.41, 5.74) is -0.0260. The molecule has 0 aromatic heterocycles. The monoisotopic (exact) mass is 277 g/mol. The van der Waals surface area contributed by atoms with Crippen LogP contribution in [0, 0.1) is 15.9 Å². The molecule has 0 aliphatic carbocycles. The smallest absolute Gasteiger partial charge is 0.273 e. The number of nitro benzene ring substituents is 1. The number of rotatable bonds is 6. The Morgan fingerprint density at radius 3 is 2.30 bits per heavy atom. The molecule has 0 bridgehead atoms. The molecule has 0 aliphatic rings. The van der Waals surface area contributed by atoms with Gasteiger partial charge in [-0.25, -0.2) is 4.39 Å². The molecule has 0 atom stereocenters. The highest BCUT2D eigenvalue weighted by atomic mass is 19.1. The Morgan fingerprint density at radius 2 is 1.65 bits per heavy atom. The SMILES string of the molecule is O=[N+]([O-])c1cccc(OCCOc2ccc(F)cc2)c1. The molecule has 2 aromatic carbocycles. The van der Waals surface area contributed by atoms with Gasteiger partial charge in [-0.05, 0) is 30.3 Å². The Balaban J connectivity index is 1.79. The first-order chi connectivity index (χ1) is 9.65. The lowest BCUT2D eigenvalue weighted by atomic mass is 10.3. The molecule has 0 fully saturated rings. The summed E-state index contributed by atoms with van der Waals surface area (Å²) in [6.07, 6.45) is 0. The molecule has 0 spiro atoms. The predicted octanol–water partition coefficient (Wildman–Crippen LogP) is 3.19. The zero-order valence-electron chi connectivity index (χ0n) is 10.5. The van der Waals surface area contributed by atoms with Crippen molar-refractivity contribution in [2.24, 2.45) is 0 Å². The van der Waals surface area contributed by atoms with Gasteiger partial charge in [0.25, 0.3) is 5.69 Å². The van der Waals surface area contributed by atoms with E-state index in [1.807, 2.05) is 0 Å². The van der Waals surface area contributed by atoms with Gasteiger partial charge in [-0.2, -0.15) is 0 Å². The summed E-state index contributed by atoms with van der Waals surface area (Å²) in [7, 11) is 0. The maximum atomic E-state index is 12.7. The highest BCUT2D eigenvalue weighted by molar-refractivity contribution is 5.37. The van der Waals surface area contributed by atoms with Crippen molar-refractivity contribution in [3.05, 3.63) is 64.5 Å². The normalized spacial score (nSPS) is 10.1. The van der Waals surface area contributed by atoms with Crippen LogP contribution in [-0.2, 0) is 0 Å². The molecule has 0 saturated carbocycles. The molecule has 0 unspecified atom stereocenters. The maximum absolute atomic E-state index is 12.7. The van der Waals surface area contributed by atoms with Gasteiger partial charge in [-0.15, -0.1) is 0 Å². The number of nitro groups is 1. The highest BCUT2D eigenvalue weighted by Gasteiger charge is 2.06. The Labute approximate surface area is 114 Å². The van der Waals surface area contributed by atoms with Crippen molar-refractivity contribution in [3.8, 4) is 11.5 Å². The van der Waals surface area contributed by atoms with Crippen LogP contribution < -0.4 is 9.47 Å². The molecule has 2 rings (SSSR count). The van der Waals surface area contributed by atoms with Gasteiger partial charge in [0, 0.05) is 6.07 Å². The second-order valence-electron chi connectivity index (χ2n) is 3.91. The molecule has 0 N–H and O–H groups in total. The van der Waals surface area contributed by atoms with Crippen LogP contribution in [0.1, 0.15) is 0 Å². The van der Waals surface area contributed by atoms with Gasteiger partial charge in [0.1, 0.15) is 30.5 Å². The van der Waals surface area contributed by atoms with E-state index in [1.165, 1.54) is 36.4 Å². The van der Waals surface area contributed by atoms with Gasteiger partial charge in [-0.3, -0.25) is 10.1 Å². The number of ether oxygens (including phenoxy) is 2. The molecule has 0 aliphatic heterocycles. The first-order valence-electron chi connectivity index (χ1n) is 5.91. The van der Waals surface area contributed by atoms with E-state index in [9.17, 15) is 14.5 Å². The average molecular weight is 277 g/mol. The fourth-order valence-corrected chi connectivity index (χ4v) is 1.54. The average Bonchev–Trinajstić information content (AvgIpc) is 2.46. The van der Waals surface area contributed by atoms with Crippen molar-refractivity contribution in [1.29, 1.82) is 0 Å². The number of benzene rings is 2. The van der Waals surface area contributed by atoms with Gasteiger partial charge >= 0.3 is 0 Å². The van der Waals surface area contributed by atoms with E-state index in [0.29, 0.717) is 11.5 Å². The molecule has 0 radical (unpaired) electrons. The maximum Gasteiger partial charge on any atom is 0.273 e. The number of non-ortho nitro benzene ring substituents is 1. The van der Waals surface area contributed by atoms with Crippen LogP contribution in [0.5, 0.6) is 11.5 Å². The molecule has 0 saturated heterocycles. The highest BCUT2D eigenvalue weighted by Crippen LogP contribution is 2.19. The minimum absolute atomic E-state index is 0.0260. The summed E-state index contributed by atoms with van der Waals surface area (Å²) in [5.74, 6) is 0.612. The topological polar surface area (TPSA) is 61.6 Å². The van der Waals surface area contributed by atoms with Crippen molar-refractivity contribution >= 4 is 5.69 Å². The summed E-state index contributed by atoms with van der Waals surface area (Å²) in [4.78, 5) is 10.1. The summed E-state index contributed by atoms with van der Waals surface area (Å²) in [6.45, 7) is 0.493. The second-order valence-corrected chi connectivity index (χ2v) is 3.91. The van der Waals surface area contributed by atoms with Crippen LogP contribution in [0.25, 0.3) is 0 Å². The number of hydrogen-bond acceptors (Lipinski definition) is 4. The predicted molar refractivity (Wildman–Crippen MR) is 70.5 cm³/mol. The van der Waals surface area contributed by atoms with Gasteiger partial charge < -0.3 is 9.47 Å². The lowest BCUT2D eigenvalue weighted by Crippen LogP contribution is -2.09. The van der Waals surface area contributed by atoms with Crippen molar-refractivity contribution in [1.82, 2.24) is 0 Å². The third-order valence-corrected chi connectivity index (χ3v) is 2.46. The fraction of sp³-hybridized carbons (Fsp3) is 0.143. The van der Waals surface area contributed by atoms with E-state index < -0.39 is 4.92 Å². The minimum Gasteiger partial charge on any atom is -0.490 e. The Bertz CT molecular complexity index is 586.